The molecule has 30 heavy (non-hydrogen) atoms. The summed E-state index contributed by atoms with van der Waals surface area (Å²) in [6, 6.07) is 6.52. The van der Waals surface area contributed by atoms with E-state index in [-0.39, 0.29) is 30.6 Å². The van der Waals surface area contributed by atoms with E-state index in [1.807, 2.05) is 46.8 Å². The fraction of sp³-hybridized carbons (Fsp3) is 0.609. The number of rotatable bonds is 12. The van der Waals surface area contributed by atoms with Crippen molar-refractivity contribution in [2.24, 2.45) is 11.3 Å². The zero-order valence-electron chi connectivity index (χ0n) is 19.0. The monoisotopic (exact) mass is 420 g/mol. The number of hydrogen-bond acceptors (Lipinski definition) is 5. The number of anilines is 1. The summed E-state index contributed by atoms with van der Waals surface area (Å²) in [6.07, 6.45) is 1.72. The smallest absolute Gasteiger partial charge is 0.328 e. The maximum atomic E-state index is 12.5. The molecule has 1 atom stereocenters. The third-order valence-electron chi connectivity index (χ3n) is 4.42. The third kappa shape index (κ3) is 9.76. The van der Waals surface area contributed by atoms with E-state index in [4.69, 9.17) is 9.47 Å². The summed E-state index contributed by atoms with van der Waals surface area (Å²) in [6.45, 7) is 10.3. The van der Waals surface area contributed by atoms with Gasteiger partial charge in [-0.25, -0.2) is 4.79 Å². The zero-order valence-corrected chi connectivity index (χ0v) is 19.0. The molecule has 168 valence electrons. The van der Waals surface area contributed by atoms with Crippen molar-refractivity contribution < 1.29 is 23.9 Å². The lowest BCUT2D eigenvalue weighted by Gasteiger charge is -2.25. The van der Waals surface area contributed by atoms with E-state index in [0.717, 1.165) is 12.2 Å². The molecule has 0 fully saturated rings. The van der Waals surface area contributed by atoms with E-state index in [1.54, 1.807) is 12.1 Å². The third-order valence-corrected chi connectivity index (χ3v) is 4.42. The Kier molecular flexibility index (Phi) is 10.4. The molecule has 2 amide bonds. The SMILES string of the molecule is CCCOc1ccc(NC(=O)CC(C)(C)CC(=O)NC(CC(C)C)C(=O)OC)cc1. The highest BCUT2D eigenvalue weighted by Crippen LogP contribution is 2.26. The molecule has 0 aliphatic heterocycles. The number of carbonyl (C=O) groups excluding carboxylic acids is 3. The fourth-order valence-electron chi connectivity index (χ4n) is 3.06. The van der Waals surface area contributed by atoms with Crippen LogP contribution < -0.4 is 15.4 Å². The van der Waals surface area contributed by atoms with E-state index >= 15 is 0 Å². The first kappa shape index (κ1) is 25.5. The van der Waals surface area contributed by atoms with Crippen molar-refractivity contribution in [2.75, 3.05) is 19.0 Å². The van der Waals surface area contributed by atoms with Crippen LogP contribution in [0.4, 0.5) is 5.69 Å². The van der Waals surface area contributed by atoms with Gasteiger partial charge in [0.2, 0.25) is 11.8 Å². The Balaban J connectivity index is 2.59. The lowest BCUT2D eigenvalue weighted by Crippen LogP contribution is -2.43. The average Bonchev–Trinajstić information content (AvgIpc) is 2.64. The van der Waals surface area contributed by atoms with Crippen molar-refractivity contribution in [2.45, 2.75) is 66.3 Å². The number of benzene rings is 1. The molecule has 0 saturated carbocycles. The van der Waals surface area contributed by atoms with Gasteiger partial charge >= 0.3 is 5.97 Å². The van der Waals surface area contributed by atoms with Crippen molar-refractivity contribution in [3.05, 3.63) is 24.3 Å². The summed E-state index contributed by atoms with van der Waals surface area (Å²) in [5, 5.41) is 5.59. The quantitative estimate of drug-likeness (QED) is 0.500. The molecule has 0 bridgehead atoms. The first-order chi connectivity index (χ1) is 14.1. The van der Waals surface area contributed by atoms with Crippen LogP contribution in [0.5, 0.6) is 5.75 Å². The molecule has 7 heteroatoms. The van der Waals surface area contributed by atoms with Gasteiger partial charge in [-0.3, -0.25) is 9.59 Å². The Labute approximate surface area is 179 Å². The number of methoxy groups -OCH3 is 1. The molecule has 1 aromatic rings. The van der Waals surface area contributed by atoms with Gasteiger partial charge in [-0.05, 0) is 48.4 Å². The predicted octanol–water partition coefficient (Wildman–Crippen LogP) is 3.92. The number of amides is 2. The van der Waals surface area contributed by atoms with E-state index in [9.17, 15) is 14.4 Å². The number of nitrogens with one attached hydrogen (secondary N) is 2. The average molecular weight is 421 g/mol. The van der Waals surface area contributed by atoms with Crippen LogP contribution in [0, 0.1) is 11.3 Å². The molecule has 0 spiro atoms. The first-order valence-corrected chi connectivity index (χ1v) is 10.5. The van der Waals surface area contributed by atoms with Gasteiger partial charge in [0.25, 0.3) is 0 Å². The standard InChI is InChI=1S/C23H36N2O5/c1-7-12-30-18-10-8-17(9-11-18)24-20(26)14-23(4,5)15-21(27)25-19(13-16(2)3)22(28)29-6/h8-11,16,19H,7,12-15H2,1-6H3,(H,24,26)(H,25,27). The van der Waals surface area contributed by atoms with Gasteiger partial charge in [-0.2, -0.15) is 0 Å². The summed E-state index contributed by atoms with van der Waals surface area (Å²) < 4.78 is 10.3. The van der Waals surface area contributed by atoms with E-state index in [2.05, 4.69) is 10.6 Å². The van der Waals surface area contributed by atoms with Gasteiger partial charge in [-0.1, -0.05) is 34.6 Å². The van der Waals surface area contributed by atoms with Gasteiger partial charge in [0.15, 0.2) is 0 Å². The predicted molar refractivity (Wildman–Crippen MR) is 117 cm³/mol. The second kappa shape index (κ2) is 12.2. The van der Waals surface area contributed by atoms with Crippen LogP contribution in [-0.4, -0.2) is 37.5 Å². The summed E-state index contributed by atoms with van der Waals surface area (Å²) in [5.41, 5.74) is 0.100. The second-order valence-electron chi connectivity index (χ2n) is 8.71. The van der Waals surface area contributed by atoms with E-state index in [0.29, 0.717) is 18.7 Å². The number of esters is 1. The Morgan fingerprint density at radius 1 is 1.03 bits per heavy atom. The minimum atomic E-state index is -0.680. The van der Waals surface area contributed by atoms with Gasteiger partial charge in [0.1, 0.15) is 11.8 Å². The molecule has 0 saturated heterocycles. The summed E-state index contributed by atoms with van der Waals surface area (Å²) in [7, 11) is 1.30. The Morgan fingerprint density at radius 2 is 1.63 bits per heavy atom. The van der Waals surface area contributed by atoms with Crippen LogP contribution in [-0.2, 0) is 19.1 Å². The maximum absolute atomic E-state index is 12.5. The summed E-state index contributed by atoms with van der Waals surface area (Å²) >= 11 is 0. The van der Waals surface area contributed by atoms with Crippen molar-refractivity contribution >= 4 is 23.5 Å². The minimum absolute atomic E-state index is 0.121. The van der Waals surface area contributed by atoms with Crippen LogP contribution >= 0.6 is 0 Å². The highest BCUT2D eigenvalue weighted by molar-refractivity contribution is 5.92. The van der Waals surface area contributed by atoms with Crippen LogP contribution in [0.15, 0.2) is 24.3 Å². The largest absolute Gasteiger partial charge is 0.494 e. The van der Waals surface area contributed by atoms with E-state index in [1.165, 1.54) is 7.11 Å². The molecule has 7 nitrogen and oxygen atoms in total. The summed E-state index contributed by atoms with van der Waals surface area (Å²) in [4.78, 5) is 36.8. The Morgan fingerprint density at radius 3 is 2.17 bits per heavy atom. The molecular formula is C23H36N2O5. The first-order valence-electron chi connectivity index (χ1n) is 10.5. The Bertz CT molecular complexity index is 698. The molecule has 0 radical (unpaired) electrons. The van der Waals surface area contributed by atoms with Gasteiger partial charge < -0.3 is 20.1 Å². The summed E-state index contributed by atoms with van der Waals surface area (Å²) in [5.74, 6) is 0.0716. The van der Waals surface area contributed by atoms with Gasteiger partial charge in [0.05, 0.1) is 13.7 Å². The zero-order chi connectivity index (χ0) is 22.7. The van der Waals surface area contributed by atoms with Crippen molar-refractivity contribution in [1.29, 1.82) is 0 Å². The molecule has 0 aliphatic rings. The molecule has 1 aromatic carbocycles. The number of carbonyl (C=O) groups is 3. The van der Waals surface area contributed by atoms with Crippen LogP contribution in [0.2, 0.25) is 0 Å². The number of hydrogen-bond donors (Lipinski definition) is 2. The highest BCUT2D eigenvalue weighted by Gasteiger charge is 2.29. The van der Waals surface area contributed by atoms with Crippen LogP contribution in [0.25, 0.3) is 0 Å². The number of ether oxygens (including phenoxy) is 2. The van der Waals surface area contributed by atoms with Gasteiger partial charge in [0, 0.05) is 18.5 Å². The molecule has 1 rings (SSSR count). The molecule has 0 heterocycles. The second-order valence-corrected chi connectivity index (χ2v) is 8.71. The fourth-order valence-corrected chi connectivity index (χ4v) is 3.06. The molecule has 2 N–H and O–H groups in total. The molecular weight excluding hydrogens is 384 g/mol. The van der Waals surface area contributed by atoms with Crippen molar-refractivity contribution in [3.8, 4) is 5.75 Å². The molecule has 0 aliphatic carbocycles. The minimum Gasteiger partial charge on any atom is -0.494 e. The van der Waals surface area contributed by atoms with Crippen molar-refractivity contribution in [3.63, 3.8) is 0 Å². The van der Waals surface area contributed by atoms with Crippen LogP contribution in [0.3, 0.4) is 0 Å². The van der Waals surface area contributed by atoms with Gasteiger partial charge in [-0.15, -0.1) is 0 Å². The normalized spacial score (nSPS) is 12.2. The Hall–Kier alpha value is -2.57. The lowest BCUT2D eigenvalue weighted by molar-refractivity contribution is -0.145. The van der Waals surface area contributed by atoms with Crippen molar-refractivity contribution in [1.82, 2.24) is 5.32 Å². The topological polar surface area (TPSA) is 93.7 Å². The maximum Gasteiger partial charge on any atom is 0.328 e. The lowest BCUT2D eigenvalue weighted by atomic mass is 9.84. The highest BCUT2D eigenvalue weighted by atomic mass is 16.5. The molecule has 1 unspecified atom stereocenters. The molecule has 0 aromatic heterocycles. The van der Waals surface area contributed by atoms with E-state index < -0.39 is 17.4 Å². The van der Waals surface area contributed by atoms with Crippen LogP contribution in [0.1, 0.15) is 60.3 Å².